The van der Waals surface area contributed by atoms with E-state index in [9.17, 15) is 0 Å². The number of hydrogen-bond donors (Lipinski definition) is 2. The Labute approximate surface area is 96.4 Å². The van der Waals surface area contributed by atoms with Crippen LogP contribution in [0.1, 0.15) is 19.4 Å². The second-order valence-electron chi connectivity index (χ2n) is 4.27. The quantitative estimate of drug-likeness (QED) is 0.593. The van der Waals surface area contributed by atoms with Gasteiger partial charge < -0.3 is 10.3 Å². The third kappa shape index (κ3) is 2.52. The molecule has 0 atom stereocenters. The predicted molar refractivity (Wildman–Crippen MR) is 69.4 cm³/mol. The Morgan fingerprint density at radius 2 is 2.12 bits per heavy atom. The van der Waals surface area contributed by atoms with Crippen molar-refractivity contribution in [2.75, 3.05) is 6.54 Å². The number of rotatable bonds is 4. The molecule has 1 heterocycles. The van der Waals surface area contributed by atoms with E-state index < -0.39 is 0 Å². The first-order valence-electron chi connectivity index (χ1n) is 5.66. The van der Waals surface area contributed by atoms with E-state index in [2.05, 4.69) is 60.7 Å². The van der Waals surface area contributed by atoms with E-state index in [1.54, 1.807) is 0 Å². The lowest BCUT2D eigenvalue weighted by atomic mass is 10.2. The number of benzene rings is 1. The van der Waals surface area contributed by atoms with E-state index in [4.69, 9.17) is 0 Å². The largest absolute Gasteiger partial charge is 0.361 e. The van der Waals surface area contributed by atoms with Gasteiger partial charge in [-0.1, -0.05) is 29.8 Å². The molecule has 0 spiro atoms. The third-order valence-corrected chi connectivity index (χ3v) is 2.65. The average molecular weight is 214 g/mol. The lowest BCUT2D eigenvalue weighted by molar-refractivity contribution is 0.761. The summed E-state index contributed by atoms with van der Waals surface area (Å²) in [6.45, 7) is 6.08. The molecule has 0 aliphatic rings. The second kappa shape index (κ2) is 4.99. The summed E-state index contributed by atoms with van der Waals surface area (Å²) in [6.07, 6.45) is 4.29. The average Bonchev–Trinajstić information content (AvgIpc) is 2.68. The zero-order valence-corrected chi connectivity index (χ0v) is 9.88. The number of aromatic nitrogens is 1. The van der Waals surface area contributed by atoms with E-state index in [1.165, 1.54) is 22.0 Å². The summed E-state index contributed by atoms with van der Waals surface area (Å²) < 4.78 is 0. The molecule has 84 valence electrons. The molecule has 0 fully saturated rings. The van der Waals surface area contributed by atoms with E-state index in [-0.39, 0.29) is 0 Å². The highest BCUT2D eigenvalue weighted by molar-refractivity contribution is 5.82. The zero-order valence-electron chi connectivity index (χ0n) is 9.88. The summed E-state index contributed by atoms with van der Waals surface area (Å²) in [4.78, 5) is 3.28. The standard InChI is InChI=1S/C14H18N2/c1-11(2)7-8-15-9-12-10-16-14-6-4-3-5-13(12)14/h3-7,10,15-16H,8-9H2,1-2H3. The molecule has 0 saturated carbocycles. The molecule has 1 aromatic carbocycles. The number of H-pyrrole nitrogens is 1. The fraction of sp³-hybridized carbons (Fsp3) is 0.286. The van der Waals surface area contributed by atoms with Crippen LogP contribution in [0.2, 0.25) is 0 Å². The topological polar surface area (TPSA) is 27.8 Å². The highest BCUT2D eigenvalue weighted by Crippen LogP contribution is 2.16. The van der Waals surface area contributed by atoms with Crippen molar-refractivity contribution in [1.29, 1.82) is 0 Å². The summed E-state index contributed by atoms with van der Waals surface area (Å²) in [5.41, 5.74) is 3.89. The van der Waals surface area contributed by atoms with Crippen LogP contribution in [-0.4, -0.2) is 11.5 Å². The van der Waals surface area contributed by atoms with Gasteiger partial charge in [-0.2, -0.15) is 0 Å². The van der Waals surface area contributed by atoms with Crippen LogP contribution >= 0.6 is 0 Å². The van der Waals surface area contributed by atoms with Gasteiger partial charge in [-0.15, -0.1) is 0 Å². The molecular weight excluding hydrogens is 196 g/mol. The van der Waals surface area contributed by atoms with Gasteiger partial charge in [0.15, 0.2) is 0 Å². The van der Waals surface area contributed by atoms with E-state index >= 15 is 0 Å². The van der Waals surface area contributed by atoms with Gasteiger partial charge in [0.1, 0.15) is 0 Å². The number of fused-ring (bicyclic) bond motifs is 1. The van der Waals surface area contributed by atoms with Gasteiger partial charge in [0.05, 0.1) is 0 Å². The summed E-state index contributed by atoms with van der Waals surface area (Å²) in [5.74, 6) is 0. The molecular formula is C14H18N2. The highest BCUT2D eigenvalue weighted by Gasteiger charge is 2.00. The minimum atomic E-state index is 0.911. The predicted octanol–water partition coefficient (Wildman–Crippen LogP) is 3.22. The van der Waals surface area contributed by atoms with Crippen LogP contribution in [0, 0.1) is 0 Å². The Balaban J connectivity index is 2.02. The summed E-state index contributed by atoms with van der Waals surface area (Å²) in [6, 6.07) is 8.40. The molecule has 0 saturated heterocycles. The maximum Gasteiger partial charge on any atom is 0.0457 e. The van der Waals surface area contributed by atoms with Crippen LogP contribution in [0.4, 0.5) is 0 Å². The monoisotopic (exact) mass is 214 g/mol. The lowest BCUT2D eigenvalue weighted by Crippen LogP contribution is -2.12. The van der Waals surface area contributed by atoms with E-state index in [0.717, 1.165) is 13.1 Å². The maximum absolute atomic E-state index is 3.41. The maximum atomic E-state index is 3.41. The van der Waals surface area contributed by atoms with Crippen LogP contribution in [0.3, 0.4) is 0 Å². The van der Waals surface area contributed by atoms with Crippen LogP contribution in [0.25, 0.3) is 10.9 Å². The molecule has 2 aromatic rings. The van der Waals surface area contributed by atoms with Crippen molar-refractivity contribution in [3.8, 4) is 0 Å². The first-order chi connectivity index (χ1) is 7.77. The van der Waals surface area contributed by atoms with Gasteiger partial charge in [-0.05, 0) is 25.5 Å². The minimum Gasteiger partial charge on any atom is -0.361 e. The Morgan fingerprint density at radius 1 is 1.31 bits per heavy atom. The van der Waals surface area contributed by atoms with Crippen LogP contribution in [-0.2, 0) is 6.54 Å². The van der Waals surface area contributed by atoms with Gasteiger partial charge in [0.2, 0.25) is 0 Å². The van der Waals surface area contributed by atoms with Crippen molar-refractivity contribution < 1.29 is 0 Å². The van der Waals surface area contributed by atoms with Crippen molar-refractivity contribution in [2.45, 2.75) is 20.4 Å². The molecule has 0 amide bonds. The molecule has 2 rings (SSSR count). The molecule has 0 bridgehead atoms. The second-order valence-corrected chi connectivity index (χ2v) is 4.27. The van der Waals surface area contributed by atoms with E-state index in [0.29, 0.717) is 0 Å². The smallest absolute Gasteiger partial charge is 0.0457 e. The molecule has 2 nitrogen and oxygen atoms in total. The Hall–Kier alpha value is -1.54. The SMILES string of the molecule is CC(C)=CCNCc1c[nH]c2ccccc12. The molecule has 2 heteroatoms. The normalized spacial score (nSPS) is 10.6. The van der Waals surface area contributed by atoms with Crippen molar-refractivity contribution >= 4 is 10.9 Å². The van der Waals surface area contributed by atoms with Gasteiger partial charge in [-0.3, -0.25) is 0 Å². The molecule has 16 heavy (non-hydrogen) atoms. The first kappa shape index (κ1) is 11.0. The van der Waals surface area contributed by atoms with Crippen molar-refractivity contribution in [3.05, 3.63) is 47.7 Å². The first-order valence-corrected chi connectivity index (χ1v) is 5.66. The summed E-state index contributed by atoms with van der Waals surface area (Å²) in [5, 5.41) is 4.73. The zero-order chi connectivity index (χ0) is 11.4. The van der Waals surface area contributed by atoms with Gasteiger partial charge in [0.25, 0.3) is 0 Å². The Kier molecular flexibility index (Phi) is 3.42. The number of nitrogens with one attached hydrogen (secondary N) is 2. The number of aromatic amines is 1. The number of para-hydroxylation sites is 1. The summed E-state index contributed by atoms with van der Waals surface area (Å²) >= 11 is 0. The molecule has 0 unspecified atom stereocenters. The molecule has 0 radical (unpaired) electrons. The van der Waals surface area contributed by atoms with Gasteiger partial charge in [-0.25, -0.2) is 0 Å². The molecule has 0 aliphatic heterocycles. The third-order valence-electron chi connectivity index (χ3n) is 2.65. The number of allylic oxidation sites excluding steroid dienone is 1. The fourth-order valence-corrected chi connectivity index (χ4v) is 1.76. The molecule has 2 N–H and O–H groups in total. The Bertz CT molecular complexity index is 490. The minimum absolute atomic E-state index is 0.911. The van der Waals surface area contributed by atoms with Crippen LogP contribution in [0.15, 0.2) is 42.1 Å². The Morgan fingerprint density at radius 3 is 2.94 bits per heavy atom. The highest BCUT2D eigenvalue weighted by atomic mass is 14.8. The van der Waals surface area contributed by atoms with E-state index in [1.807, 2.05) is 0 Å². The molecule has 1 aromatic heterocycles. The van der Waals surface area contributed by atoms with Gasteiger partial charge in [0, 0.05) is 30.2 Å². The van der Waals surface area contributed by atoms with Crippen LogP contribution < -0.4 is 5.32 Å². The van der Waals surface area contributed by atoms with Gasteiger partial charge >= 0.3 is 0 Å². The fourth-order valence-electron chi connectivity index (χ4n) is 1.76. The summed E-state index contributed by atoms with van der Waals surface area (Å²) in [7, 11) is 0. The lowest BCUT2D eigenvalue weighted by Gasteiger charge is -2.00. The van der Waals surface area contributed by atoms with Crippen molar-refractivity contribution in [2.24, 2.45) is 0 Å². The van der Waals surface area contributed by atoms with Crippen molar-refractivity contribution in [1.82, 2.24) is 10.3 Å². The molecule has 0 aliphatic carbocycles. The number of hydrogen-bond acceptors (Lipinski definition) is 1. The van der Waals surface area contributed by atoms with Crippen molar-refractivity contribution in [3.63, 3.8) is 0 Å². The van der Waals surface area contributed by atoms with Crippen LogP contribution in [0.5, 0.6) is 0 Å².